The number of hydrogen-bond acceptors (Lipinski definition) is 8. The van der Waals surface area contributed by atoms with Crippen LogP contribution in [-0.4, -0.2) is 76.2 Å². The minimum Gasteiger partial charge on any atom is -0.497 e. The number of sulfonamides is 1. The van der Waals surface area contributed by atoms with Gasteiger partial charge in [-0.1, -0.05) is 0 Å². The lowest BCUT2D eigenvalue weighted by molar-refractivity contribution is 0.369. The van der Waals surface area contributed by atoms with Gasteiger partial charge < -0.3 is 19.3 Å². The average molecular weight is 434 g/mol. The lowest BCUT2D eigenvalue weighted by Gasteiger charge is -2.35. The third-order valence-corrected chi connectivity index (χ3v) is 7.56. The third-order valence-electron chi connectivity index (χ3n) is 5.62. The van der Waals surface area contributed by atoms with E-state index < -0.39 is 10.0 Å². The van der Waals surface area contributed by atoms with Crippen molar-refractivity contribution in [2.45, 2.75) is 17.7 Å². The molecule has 2 aliphatic rings. The Labute approximate surface area is 177 Å². The molecule has 2 aromatic rings. The smallest absolute Gasteiger partial charge is 0.246 e. The maximum absolute atomic E-state index is 13.2. The zero-order valence-electron chi connectivity index (χ0n) is 17.3. The van der Waals surface area contributed by atoms with Crippen LogP contribution in [0.5, 0.6) is 11.5 Å². The summed E-state index contributed by atoms with van der Waals surface area (Å²) in [5, 5.41) is 0. The van der Waals surface area contributed by atoms with Crippen molar-refractivity contribution in [1.29, 1.82) is 0 Å². The molecule has 30 heavy (non-hydrogen) atoms. The second-order valence-corrected chi connectivity index (χ2v) is 9.24. The number of aromatic nitrogens is 2. The number of ether oxygens (including phenoxy) is 2. The Morgan fingerprint density at radius 1 is 0.833 bits per heavy atom. The van der Waals surface area contributed by atoms with Crippen LogP contribution in [-0.2, 0) is 10.0 Å². The van der Waals surface area contributed by atoms with Crippen LogP contribution < -0.4 is 19.3 Å². The van der Waals surface area contributed by atoms with Crippen molar-refractivity contribution >= 4 is 21.7 Å². The summed E-state index contributed by atoms with van der Waals surface area (Å²) < 4.78 is 38.3. The number of anilines is 2. The zero-order chi connectivity index (χ0) is 21.1. The van der Waals surface area contributed by atoms with E-state index in [2.05, 4.69) is 19.8 Å². The highest BCUT2D eigenvalue weighted by Gasteiger charge is 2.31. The first kappa shape index (κ1) is 20.7. The van der Waals surface area contributed by atoms with Crippen LogP contribution in [0.3, 0.4) is 0 Å². The molecule has 9 nitrogen and oxygen atoms in total. The Bertz CT molecular complexity index is 986. The molecule has 0 atom stereocenters. The first-order valence-electron chi connectivity index (χ1n) is 10.1. The largest absolute Gasteiger partial charge is 0.497 e. The van der Waals surface area contributed by atoms with Gasteiger partial charge in [0.15, 0.2) is 0 Å². The van der Waals surface area contributed by atoms with Crippen LogP contribution in [0, 0.1) is 0 Å². The topological polar surface area (TPSA) is 88.1 Å². The van der Waals surface area contributed by atoms with E-state index in [1.807, 2.05) is 6.07 Å². The molecule has 0 bridgehead atoms. The van der Waals surface area contributed by atoms with Gasteiger partial charge in [-0.15, -0.1) is 0 Å². The SMILES string of the molecule is COc1ccc(S(=O)(=O)N2CCN(c3cc(N4CCCC4)ncn3)CC2)c(OC)c1. The molecule has 0 radical (unpaired) electrons. The van der Waals surface area contributed by atoms with Gasteiger partial charge in [0.1, 0.15) is 34.4 Å². The molecule has 1 aromatic carbocycles. The Kier molecular flexibility index (Phi) is 5.96. The molecule has 2 saturated heterocycles. The van der Waals surface area contributed by atoms with Gasteiger partial charge in [-0.2, -0.15) is 4.31 Å². The van der Waals surface area contributed by atoms with E-state index >= 15 is 0 Å². The molecule has 0 aliphatic carbocycles. The fraction of sp³-hybridized carbons (Fsp3) is 0.500. The first-order chi connectivity index (χ1) is 14.5. The average Bonchev–Trinajstić information content (AvgIpc) is 3.34. The summed E-state index contributed by atoms with van der Waals surface area (Å²) in [5.74, 6) is 2.61. The normalized spacial score (nSPS) is 17.9. The first-order valence-corrected chi connectivity index (χ1v) is 11.5. The van der Waals surface area contributed by atoms with Gasteiger partial charge in [-0.25, -0.2) is 18.4 Å². The summed E-state index contributed by atoms with van der Waals surface area (Å²) in [6, 6.07) is 6.75. The quantitative estimate of drug-likeness (QED) is 0.679. The van der Waals surface area contributed by atoms with Gasteiger partial charge >= 0.3 is 0 Å². The zero-order valence-corrected chi connectivity index (χ0v) is 18.1. The number of benzene rings is 1. The number of nitrogens with zero attached hydrogens (tertiary/aromatic N) is 5. The Morgan fingerprint density at radius 2 is 1.47 bits per heavy atom. The van der Waals surface area contributed by atoms with Crippen molar-refractivity contribution in [3.05, 3.63) is 30.6 Å². The van der Waals surface area contributed by atoms with E-state index in [0.29, 0.717) is 31.9 Å². The van der Waals surface area contributed by atoms with Crippen LogP contribution in [0.1, 0.15) is 12.8 Å². The summed E-state index contributed by atoms with van der Waals surface area (Å²) in [6.45, 7) is 3.92. The minimum atomic E-state index is -3.67. The summed E-state index contributed by atoms with van der Waals surface area (Å²) in [6.07, 6.45) is 3.96. The van der Waals surface area contributed by atoms with Crippen LogP contribution in [0.15, 0.2) is 35.5 Å². The predicted octanol–water partition coefficient (Wildman–Crippen LogP) is 1.60. The highest BCUT2D eigenvalue weighted by molar-refractivity contribution is 7.89. The second-order valence-electron chi connectivity index (χ2n) is 7.34. The molecule has 162 valence electrons. The summed E-state index contributed by atoms with van der Waals surface area (Å²) in [7, 11) is -0.682. The molecule has 0 unspecified atom stereocenters. The fourth-order valence-corrected chi connectivity index (χ4v) is 5.47. The van der Waals surface area contributed by atoms with Gasteiger partial charge in [-0.3, -0.25) is 0 Å². The molecular weight excluding hydrogens is 406 g/mol. The molecule has 10 heteroatoms. The predicted molar refractivity (Wildman–Crippen MR) is 114 cm³/mol. The molecule has 1 aromatic heterocycles. The molecule has 0 N–H and O–H groups in total. The maximum atomic E-state index is 13.2. The molecule has 4 rings (SSSR count). The standard InChI is InChI=1S/C20H27N5O4S/c1-28-16-5-6-18(17(13-16)29-2)30(26,27)25-11-9-24(10-12-25)20-14-19(21-15-22-20)23-7-3-4-8-23/h5-6,13-15H,3-4,7-12H2,1-2H3. The van der Waals surface area contributed by atoms with E-state index in [0.717, 1.165) is 24.7 Å². The Hall–Kier alpha value is -2.59. The highest BCUT2D eigenvalue weighted by Crippen LogP contribution is 2.31. The van der Waals surface area contributed by atoms with Crippen molar-refractivity contribution < 1.29 is 17.9 Å². The minimum absolute atomic E-state index is 0.151. The number of piperazine rings is 1. The van der Waals surface area contributed by atoms with E-state index in [-0.39, 0.29) is 10.6 Å². The van der Waals surface area contributed by atoms with Crippen LogP contribution >= 0.6 is 0 Å². The Morgan fingerprint density at radius 3 is 2.07 bits per heavy atom. The molecule has 3 heterocycles. The number of rotatable bonds is 6. The van der Waals surface area contributed by atoms with Crippen LogP contribution in [0.2, 0.25) is 0 Å². The van der Waals surface area contributed by atoms with Crippen molar-refractivity contribution in [2.24, 2.45) is 0 Å². The van der Waals surface area contributed by atoms with Gasteiger partial charge in [0.05, 0.1) is 14.2 Å². The van der Waals surface area contributed by atoms with Crippen molar-refractivity contribution in [3.8, 4) is 11.5 Å². The van der Waals surface area contributed by atoms with Crippen molar-refractivity contribution in [3.63, 3.8) is 0 Å². The van der Waals surface area contributed by atoms with E-state index in [9.17, 15) is 8.42 Å². The molecule has 0 saturated carbocycles. The van der Waals surface area contributed by atoms with Crippen molar-refractivity contribution in [1.82, 2.24) is 14.3 Å². The molecule has 2 fully saturated rings. The maximum Gasteiger partial charge on any atom is 0.246 e. The third kappa shape index (κ3) is 4.01. The van der Waals surface area contributed by atoms with Gasteiger partial charge in [0, 0.05) is 51.4 Å². The van der Waals surface area contributed by atoms with Crippen LogP contribution in [0.25, 0.3) is 0 Å². The van der Waals surface area contributed by atoms with Crippen LogP contribution in [0.4, 0.5) is 11.6 Å². The molecular formula is C20H27N5O4S. The molecule has 2 aliphatic heterocycles. The van der Waals surface area contributed by atoms with E-state index in [1.54, 1.807) is 18.5 Å². The number of hydrogen-bond donors (Lipinski definition) is 0. The summed E-state index contributed by atoms with van der Waals surface area (Å²) in [4.78, 5) is 13.3. The molecule has 0 amide bonds. The summed E-state index contributed by atoms with van der Waals surface area (Å²) >= 11 is 0. The van der Waals surface area contributed by atoms with Gasteiger partial charge in [0.2, 0.25) is 10.0 Å². The lowest BCUT2D eigenvalue weighted by atomic mass is 10.3. The van der Waals surface area contributed by atoms with E-state index in [4.69, 9.17) is 9.47 Å². The lowest BCUT2D eigenvalue weighted by Crippen LogP contribution is -2.49. The number of methoxy groups -OCH3 is 2. The van der Waals surface area contributed by atoms with Gasteiger partial charge in [0.25, 0.3) is 0 Å². The van der Waals surface area contributed by atoms with Gasteiger partial charge in [-0.05, 0) is 25.0 Å². The van der Waals surface area contributed by atoms with E-state index in [1.165, 1.54) is 37.4 Å². The monoisotopic (exact) mass is 433 g/mol. The second kappa shape index (κ2) is 8.65. The van der Waals surface area contributed by atoms with Crippen molar-refractivity contribution in [2.75, 3.05) is 63.3 Å². The Balaban J connectivity index is 1.47. The molecule has 0 spiro atoms. The fourth-order valence-electron chi connectivity index (χ4n) is 3.91. The summed E-state index contributed by atoms with van der Waals surface area (Å²) in [5.41, 5.74) is 0. The highest BCUT2D eigenvalue weighted by atomic mass is 32.2.